The molecule has 0 aliphatic carbocycles. The summed E-state index contributed by atoms with van der Waals surface area (Å²) in [4.78, 5) is 11.5. The minimum Gasteiger partial charge on any atom is -0.503 e. The number of nitrogen functional groups attached to an aromatic ring is 1. The maximum absolute atomic E-state index is 11.5. The summed E-state index contributed by atoms with van der Waals surface area (Å²) in [5.41, 5.74) is 8.77. The van der Waals surface area contributed by atoms with Crippen LogP contribution in [0.1, 0.15) is 5.56 Å². The van der Waals surface area contributed by atoms with Gasteiger partial charge in [0.2, 0.25) is 5.43 Å². The van der Waals surface area contributed by atoms with Crippen molar-refractivity contribution >= 4 is 29.0 Å². The van der Waals surface area contributed by atoms with Gasteiger partial charge in [0.05, 0.1) is 16.2 Å². The third kappa shape index (κ3) is 2.86. The van der Waals surface area contributed by atoms with E-state index >= 15 is 0 Å². The van der Waals surface area contributed by atoms with E-state index in [1.807, 2.05) is 37.3 Å². The Hall–Kier alpha value is -2.43. The number of hydrogen-bond acceptors (Lipinski definition) is 3. The summed E-state index contributed by atoms with van der Waals surface area (Å²) in [6.45, 7) is 1.96. The van der Waals surface area contributed by atoms with Crippen molar-refractivity contribution in [2.45, 2.75) is 6.92 Å². The highest BCUT2D eigenvalue weighted by molar-refractivity contribution is 6.43. The van der Waals surface area contributed by atoms with Crippen molar-refractivity contribution in [3.8, 4) is 22.6 Å². The first kappa shape index (κ1) is 16.4. The fourth-order valence-corrected chi connectivity index (χ4v) is 2.93. The van der Waals surface area contributed by atoms with Crippen LogP contribution in [-0.2, 0) is 0 Å². The van der Waals surface area contributed by atoms with Gasteiger partial charge >= 0.3 is 0 Å². The molecule has 4 nitrogen and oxygen atoms in total. The van der Waals surface area contributed by atoms with E-state index in [1.165, 1.54) is 16.8 Å². The third-order valence-corrected chi connectivity index (χ3v) is 4.62. The van der Waals surface area contributed by atoms with E-state index in [0.717, 1.165) is 16.7 Å². The molecule has 0 unspecified atom stereocenters. The molecule has 0 saturated heterocycles. The van der Waals surface area contributed by atoms with E-state index in [2.05, 4.69) is 0 Å². The molecule has 122 valence electrons. The lowest BCUT2D eigenvalue weighted by Crippen LogP contribution is -2.10. The Bertz CT molecular complexity index is 997. The lowest BCUT2D eigenvalue weighted by Gasteiger charge is -2.15. The Morgan fingerprint density at radius 3 is 2.58 bits per heavy atom. The Balaban J connectivity index is 2.22. The molecular formula is C18H14Cl2N2O2. The van der Waals surface area contributed by atoms with Crippen molar-refractivity contribution < 1.29 is 5.11 Å². The minimum atomic E-state index is -0.519. The summed E-state index contributed by atoms with van der Waals surface area (Å²) in [7, 11) is 0. The van der Waals surface area contributed by atoms with E-state index in [-0.39, 0.29) is 11.6 Å². The number of rotatable bonds is 2. The van der Waals surface area contributed by atoms with Crippen LogP contribution in [0.5, 0.6) is 5.75 Å². The van der Waals surface area contributed by atoms with Gasteiger partial charge in [-0.2, -0.15) is 0 Å². The molecule has 6 heteroatoms. The summed E-state index contributed by atoms with van der Waals surface area (Å²) >= 11 is 12.4. The smallest absolute Gasteiger partial charge is 0.225 e. The fraction of sp³-hybridized carbons (Fsp3) is 0.0556. The van der Waals surface area contributed by atoms with Gasteiger partial charge in [-0.15, -0.1) is 0 Å². The molecule has 0 saturated carbocycles. The first-order valence-electron chi connectivity index (χ1n) is 7.15. The van der Waals surface area contributed by atoms with Crippen LogP contribution in [0.4, 0.5) is 5.82 Å². The average Bonchev–Trinajstić information content (AvgIpc) is 2.54. The van der Waals surface area contributed by atoms with Gasteiger partial charge in [0, 0.05) is 17.3 Å². The van der Waals surface area contributed by atoms with Crippen LogP contribution in [0.3, 0.4) is 0 Å². The maximum Gasteiger partial charge on any atom is 0.225 e. The van der Waals surface area contributed by atoms with Crippen LogP contribution in [0.15, 0.2) is 53.5 Å². The van der Waals surface area contributed by atoms with Crippen molar-refractivity contribution in [1.29, 1.82) is 0 Å². The highest BCUT2D eigenvalue weighted by Gasteiger charge is 2.12. The molecule has 24 heavy (non-hydrogen) atoms. The Morgan fingerprint density at radius 2 is 1.83 bits per heavy atom. The zero-order chi connectivity index (χ0) is 17.4. The minimum absolute atomic E-state index is 0.227. The number of anilines is 1. The molecule has 0 spiro atoms. The topological polar surface area (TPSA) is 68.2 Å². The van der Waals surface area contributed by atoms with E-state index in [0.29, 0.717) is 15.7 Å². The molecule has 0 radical (unpaired) electrons. The monoisotopic (exact) mass is 360 g/mol. The van der Waals surface area contributed by atoms with E-state index in [9.17, 15) is 9.90 Å². The molecule has 0 aliphatic rings. The second-order valence-corrected chi connectivity index (χ2v) is 6.20. The number of aromatic hydroxyl groups is 1. The molecule has 1 heterocycles. The summed E-state index contributed by atoms with van der Waals surface area (Å²) in [6, 6.07) is 12.3. The van der Waals surface area contributed by atoms with E-state index in [1.54, 1.807) is 6.07 Å². The van der Waals surface area contributed by atoms with Crippen LogP contribution in [-0.4, -0.2) is 9.67 Å². The van der Waals surface area contributed by atoms with Gasteiger partial charge in [-0.3, -0.25) is 9.36 Å². The Labute approximate surface area is 148 Å². The van der Waals surface area contributed by atoms with Crippen LogP contribution in [0.2, 0.25) is 10.0 Å². The van der Waals surface area contributed by atoms with Gasteiger partial charge in [0.1, 0.15) is 5.82 Å². The number of nitrogens with zero attached hydrogens (tertiary/aromatic N) is 1. The van der Waals surface area contributed by atoms with E-state index < -0.39 is 5.43 Å². The van der Waals surface area contributed by atoms with Crippen molar-refractivity contribution in [3.05, 3.63) is 74.5 Å². The fourth-order valence-electron chi connectivity index (χ4n) is 2.52. The number of benzene rings is 2. The molecule has 0 fully saturated rings. The number of hydrogen-bond donors (Lipinski definition) is 2. The number of aromatic nitrogens is 1. The molecular weight excluding hydrogens is 347 g/mol. The predicted octanol–water partition coefficient (Wildman–Crippen LogP) is 4.41. The quantitative estimate of drug-likeness (QED) is 0.711. The molecule has 3 aromatic rings. The highest BCUT2D eigenvalue weighted by Crippen LogP contribution is 2.36. The summed E-state index contributed by atoms with van der Waals surface area (Å²) in [5, 5.41) is 10.6. The normalized spacial score (nSPS) is 10.8. The van der Waals surface area contributed by atoms with Gasteiger partial charge in [-0.25, -0.2) is 0 Å². The summed E-state index contributed by atoms with van der Waals surface area (Å²) in [6.07, 6.45) is 1.30. The zero-order valence-electron chi connectivity index (χ0n) is 12.8. The number of nitrogens with two attached hydrogens (primary N) is 1. The van der Waals surface area contributed by atoms with Crippen molar-refractivity contribution in [1.82, 2.24) is 4.57 Å². The first-order valence-corrected chi connectivity index (χ1v) is 7.90. The molecule has 3 N–H and O–H groups in total. The lowest BCUT2D eigenvalue weighted by molar-refractivity contribution is 0.466. The van der Waals surface area contributed by atoms with Gasteiger partial charge in [-0.1, -0.05) is 41.4 Å². The van der Waals surface area contributed by atoms with Crippen molar-refractivity contribution in [3.63, 3.8) is 0 Å². The van der Waals surface area contributed by atoms with Crippen LogP contribution < -0.4 is 11.2 Å². The summed E-state index contributed by atoms with van der Waals surface area (Å²) in [5.74, 6) is -0.142. The zero-order valence-corrected chi connectivity index (χ0v) is 14.3. The van der Waals surface area contributed by atoms with Crippen molar-refractivity contribution in [2.24, 2.45) is 0 Å². The lowest BCUT2D eigenvalue weighted by atomic mass is 9.99. The summed E-state index contributed by atoms with van der Waals surface area (Å²) < 4.78 is 1.54. The highest BCUT2D eigenvalue weighted by atomic mass is 35.5. The predicted molar refractivity (Wildman–Crippen MR) is 98.3 cm³/mol. The van der Waals surface area contributed by atoms with E-state index in [4.69, 9.17) is 28.9 Å². The molecule has 2 aromatic carbocycles. The SMILES string of the molecule is Cc1ccc(-n2cc(O)c(=O)cc2N)cc1-c1cccc(Cl)c1Cl. The Morgan fingerprint density at radius 1 is 1.08 bits per heavy atom. The van der Waals surface area contributed by atoms with Crippen LogP contribution >= 0.6 is 23.2 Å². The number of pyridine rings is 1. The van der Waals surface area contributed by atoms with Crippen molar-refractivity contribution in [2.75, 3.05) is 5.73 Å². The standard InChI is InChI=1S/C18H14Cl2N2O2/c1-10-5-6-11(22-9-16(24)15(23)8-17(22)21)7-13(10)12-3-2-4-14(19)18(12)20/h2-9,24H,21H2,1H3. The molecule has 3 rings (SSSR count). The molecule has 0 bridgehead atoms. The van der Waals surface area contributed by atoms with Crippen LogP contribution in [0, 0.1) is 6.92 Å². The molecule has 0 atom stereocenters. The molecule has 0 amide bonds. The third-order valence-electron chi connectivity index (χ3n) is 3.80. The van der Waals surface area contributed by atoms with Crippen LogP contribution in [0.25, 0.3) is 16.8 Å². The average molecular weight is 361 g/mol. The molecule has 0 aliphatic heterocycles. The van der Waals surface area contributed by atoms with Gasteiger partial charge in [0.25, 0.3) is 0 Å². The maximum atomic E-state index is 11.5. The second-order valence-electron chi connectivity index (χ2n) is 5.42. The number of halogens is 2. The number of aryl methyl sites for hydroxylation is 1. The van der Waals surface area contributed by atoms with Gasteiger partial charge in [0.15, 0.2) is 5.75 Å². The first-order chi connectivity index (χ1) is 11.4. The Kier molecular flexibility index (Phi) is 4.26. The van der Waals surface area contributed by atoms with Gasteiger partial charge < -0.3 is 10.8 Å². The van der Waals surface area contributed by atoms with Gasteiger partial charge in [-0.05, 0) is 36.2 Å². The second kappa shape index (κ2) is 6.23. The molecule has 1 aromatic heterocycles. The largest absolute Gasteiger partial charge is 0.503 e.